The maximum absolute atomic E-state index is 12.8. The third kappa shape index (κ3) is 16.9. The second-order valence-electron chi connectivity index (χ2n) is 21.0. The Morgan fingerprint density at radius 1 is 0.313 bits per heavy atom. The van der Waals surface area contributed by atoms with Gasteiger partial charge in [-0.3, -0.25) is 0 Å². The van der Waals surface area contributed by atoms with Gasteiger partial charge in [0.2, 0.25) is 0 Å². The van der Waals surface area contributed by atoms with Gasteiger partial charge < -0.3 is 71.8 Å². The fourth-order valence-electron chi connectivity index (χ4n) is 10.6. The van der Waals surface area contributed by atoms with E-state index in [4.69, 9.17) is 61.6 Å². The lowest BCUT2D eigenvalue weighted by atomic mass is 9.95. The Labute approximate surface area is 486 Å². The second-order valence-corrected chi connectivity index (χ2v) is 21.0. The smallest absolute Gasteiger partial charge is 0.187 e. The molecule has 7 aromatic rings. The Kier molecular flexibility index (Phi) is 22.6. The molecule has 3 heterocycles. The Morgan fingerprint density at radius 2 is 0.627 bits per heavy atom. The standard InChI is InChI=1S/C68H76O15/c1-47-59(74-40-50-28-14-5-15-29-50)63(65(67(71-2)79-47)78-44-54-36-22-9-23-37-54)83-66-58(70)57(69)60(55(80-66)45-72-38-48-24-10-3-11-25-48)82-68-64(77-43-53-34-20-8-21-35-53)62(76-42-52-32-18-7-19-33-52)61(75-41-51-30-16-6-17-31-51)56(81-68)46-73-39-49-26-12-4-13-27-49/h3-37,47,55-70H,38-46H2,1-2H3/t47-,55+,56+,57+,58+,59-,60-,61-,62-,63+,64+,65+,66+,67+,68+/m0/s1. The van der Waals surface area contributed by atoms with Gasteiger partial charge in [-0.1, -0.05) is 212 Å². The summed E-state index contributed by atoms with van der Waals surface area (Å²) in [5.74, 6) is 0. The summed E-state index contributed by atoms with van der Waals surface area (Å²) in [5.41, 5.74) is 6.48. The third-order valence-corrected chi connectivity index (χ3v) is 15.0. The number of benzene rings is 7. The van der Waals surface area contributed by atoms with Crippen molar-refractivity contribution in [2.75, 3.05) is 20.3 Å². The van der Waals surface area contributed by atoms with Crippen molar-refractivity contribution in [2.45, 2.75) is 145 Å². The van der Waals surface area contributed by atoms with E-state index in [9.17, 15) is 10.2 Å². The first-order valence-electron chi connectivity index (χ1n) is 28.5. The van der Waals surface area contributed by atoms with Crippen LogP contribution in [0.25, 0.3) is 0 Å². The molecular formula is C68H76O15. The maximum Gasteiger partial charge on any atom is 0.187 e. The van der Waals surface area contributed by atoms with Crippen LogP contribution >= 0.6 is 0 Å². The lowest BCUT2D eigenvalue weighted by Crippen LogP contribution is -2.67. The topological polar surface area (TPSA) is 160 Å². The molecule has 0 spiro atoms. The van der Waals surface area contributed by atoms with E-state index in [1.54, 1.807) is 0 Å². The average molecular weight is 1130 g/mol. The maximum atomic E-state index is 12.8. The van der Waals surface area contributed by atoms with Gasteiger partial charge in [0.15, 0.2) is 18.9 Å². The van der Waals surface area contributed by atoms with Crippen LogP contribution in [0.15, 0.2) is 212 Å². The molecule has 7 aromatic carbocycles. The highest BCUT2D eigenvalue weighted by Crippen LogP contribution is 2.37. The summed E-state index contributed by atoms with van der Waals surface area (Å²) in [7, 11) is 1.54. The summed E-state index contributed by atoms with van der Waals surface area (Å²) in [6.07, 6.45) is -16.2. The quantitative estimate of drug-likeness (QED) is 0.0477. The van der Waals surface area contributed by atoms with E-state index < -0.39 is 92.1 Å². The van der Waals surface area contributed by atoms with Gasteiger partial charge in [-0.15, -0.1) is 0 Å². The van der Waals surface area contributed by atoms with Crippen LogP contribution in [0, 0.1) is 0 Å². The highest BCUT2D eigenvalue weighted by atomic mass is 16.8. The van der Waals surface area contributed by atoms with Crippen molar-refractivity contribution < 1.29 is 71.8 Å². The molecule has 438 valence electrons. The van der Waals surface area contributed by atoms with Gasteiger partial charge in [0.25, 0.3) is 0 Å². The highest BCUT2D eigenvalue weighted by molar-refractivity contribution is 5.19. The molecule has 0 saturated carbocycles. The molecule has 0 aliphatic carbocycles. The molecule has 0 aromatic heterocycles. The van der Waals surface area contributed by atoms with Gasteiger partial charge in [-0.05, 0) is 45.9 Å². The minimum Gasteiger partial charge on any atom is -0.387 e. The van der Waals surface area contributed by atoms with Crippen LogP contribution < -0.4 is 0 Å². The van der Waals surface area contributed by atoms with Gasteiger partial charge in [0.05, 0.1) is 65.6 Å². The molecule has 15 nitrogen and oxygen atoms in total. The zero-order valence-electron chi connectivity index (χ0n) is 46.9. The number of hydrogen-bond donors (Lipinski definition) is 2. The molecule has 15 atom stereocenters. The summed E-state index contributed by atoms with van der Waals surface area (Å²) < 4.78 is 87.6. The number of aliphatic hydroxyl groups is 2. The zero-order chi connectivity index (χ0) is 57.0. The third-order valence-electron chi connectivity index (χ3n) is 15.0. The van der Waals surface area contributed by atoms with E-state index in [2.05, 4.69) is 0 Å². The summed E-state index contributed by atoms with van der Waals surface area (Å²) in [4.78, 5) is 0. The van der Waals surface area contributed by atoms with Crippen molar-refractivity contribution in [1.29, 1.82) is 0 Å². The molecule has 83 heavy (non-hydrogen) atoms. The number of ether oxygens (including phenoxy) is 13. The van der Waals surface area contributed by atoms with Crippen LogP contribution in [0.1, 0.15) is 45.9 Å². The molecule has 2 N–H and O–H groups in total. The minimum absolute atomic E-state index is 0.0592. The Bertz CT molecular complexity index is 2880. The van der Waals surface area contributed by atoms with Gasteiger partial charge in [0.1, 0.15) is 67.1 Å². The molecule has 0 bridgehead atoms. The number of hydrogen-bond acceptors (Lipinski definition) is 15. The van der Waals surface area contributed by atoms with Crippen LogP contribution in [0.3, 0.4) is 0 Å². The van der Waals surface area contributed by atoms with Crippen LogP contribution in [-0.2, 0) is 108 Å². The van der Waals surface area contributed by atoms with Gasteiger partial charge in [-0.25, -0.2) is 0 Å². The number of methoxy groups -OCH3 is 1. The minimum atomic E-state index is -1.71. The monoisotopic (exact) mass is 1130 g/mol. The number of rotatable bonds is 28. The fraction of sp³-hybridized carbons (Fsp3) is 0.382. The summed E-state index contributed by atoms with van der Waals surface area (Å²) in [6, 6.07) is 68.6. The molecule has 0 amide bonds. The van der Waals surface area contributed by atoms with Crippen LogP contribution in [0.4, 0.5) is 0 Å². The molecule has 3 fully saturated rings. The zero-order valence-corrected chi connectivity index (χ0v) is 46.9. The van der Waals surface area contributed by atoms with Crippen molar-refractivity contribution in [3.63, 3.8) is 0 Å². The van der Waals surface area contributed by atoms with Crippen molar-refractivity contribution in [2.24, 2.45) is 0 Å². The van der Waals surface area contributed by atoms with Gasteiger partial charge in [-0.2, -0.15) is 0 Å². The van der Waals surface area contributed by atoms with Crippen molar-refractivity contribution in [1.82, 2.24) is 0 Å². The van der Waals surface area contributed by atoms with Crippen molar-refractivity contribution >= 4 is 0 Å². The van der Waals surface area contributed by atoms with E-state index >= 15 is 0 Å². The highest BCUT2D eigenvalue weighted by Gasteiger charge is 2.55. The van der Waals surface area contributed by atoms with Crippen LogP contribution in [0.2, 0.25) is 0 Å². The molecule has 0 radical (unpaired) electrons. The molecular weight excluding hydrogens is 1060 g/mol. The first kappa shape index (κ1) is 60.1. The normalized spacial score (nSPS) is 28.2. The molecule has 0 unspecified atom stereocenters. The predicted octanol–water partition coefficient (Wildman–Crippen LogP) is 9.68. The van der Waals surface area contributed by atoms with E-state index in [1.807, 2.05) is 219 Å². The van der Waals surface area contributed by atoms with Crippen LogP contribution in [0.5, 0.6) is 0 Å². The summed E-state index contributed by atoms with van der Waals surface area (Å²) in [5, 5.41) is 25.3. The summed E-state index contributed by atoms with van der Waals surface area (Å²) in [6.45, 7) is 3.26. The largest absolute Gasteiger partial charge is 0.387 e. The molecule has 3 aliphatic rings. The van der Waals surface area contributed by atoms with Crippen molar-refractivity contribution in [3.8, 4) is 0 Å². The first-order chi connectivity index (χ1) is 40.9. The molecule has 3 saturated heterocycles. The van der Waals surface area contributed by atoms with Crippen molar-refractivity contribution in [3.05, 3.63) is 251 Å². The average Bonchev–Trinajstić information content (AvgIpc) is 3.36. The lowest BCUT2D eigenvalue weighted by molar-refractivity contribution is -0.387. The summed E-state index contributed by atoms with van der Waals surface area (Å²) >= 11 is 0. The SMILES string of the molecule is CO[C@@H]1O[C@@H](C)[C@H](OCc2ccccc2)[C@@H](O[C@H]2O[C@H](COCc3ccccc3)[C@H](O[C@H]3O[C@H](COCc4ccccc4)[C@H](OCc4ccccc4)[C@H](OCc4ccccc4)[C@H]3OCc3ccccc3)[C@H](O)[C@H]2O)[C@H]1OCc1ccccc1. The van der Waals surface area contributed by atoms with Gasteiger partial charge >= 0.3 is 0 Å². The van der Waals surface area contributed by atoms with E-state index in [0.29, 0.717) is 0 Å². The number of aliphatic hydroxyl groups excluding tert-OH is 2. The molecule has 3 aliphatic heterocycles. The fourth-order valence-corrected chi connectivity index (χ4v) is 10.6. The van der Waals surface area contributed by atoms with Crippen LogP contribution in [-0.4, -0.2) is 123 Å². The second kappa shape index (κ2) is 31.2. The lowest BCUT2D eigenvalue weighted by Gasteiger charge is -2.50. The van der Waals surface area contributed by atoms with E-state index in [-0.39, 0.29) is 59.5 Å². The Hall–Kier alpha value is -6.06. The van der Waals surface area contributed by atoms with E-state index in [0.717, 1.165) is 38.9 Å². The Balaban J connectivity index is 0.986. The Morgan fingerprint density at radius 3 is 1.02 bits per heavy atom. The molecule has 15 heteroatoms. The first-order valence-corrected chi connectivity index (χ1v) is 28.5. The van der Waals surface area contributed by atoms with Gasteiger partial charge in [0, 0.05) is 7.11 Å². The van der Waals surface area contributed by atoms with E-state index in [1.165, 1.54) is 7.11 Å². The molecule has 10 rings (SSSR count). The predicted molar refractivity (Wildman–Crippen MR) is 308 cm³/mol.